The topological polar surface area (TPSA) is 69.6 Å². The number of hydrogen-bond donors (Lipinski definition) is 2. The summed E-state index contributed by atoms with van der Waals surface area (Å²) in [5.74, 6) is 0.919. The molecule has 0 radical (unpaired) electrons. The van der Waals surface area contributed by atoms with Gasteiger partial charge in [-0.05, 0) is 42.2 Å². The lowest BCUT2D eigenvalue weighted by Crippen LogP contribution is -2.38. The fraction of sp³-hybridized carbons (Fsp3) is 0.292. The van der Waals surface area contributed by atoms with Crippen LogP contribution in [-0.4, -0.2) is 37.0 Å². The lowest BCUT2D eigenvalue weighted by Gasteiger charge is -2.17. The molecule has 1 aliphatic heterocycles. The Hall–Kier alpha value is -3.41. The molecule has 6 heteroatoms. The van der Waals surface area contributed by atoms with Gasteiger partial charge in [-0.2, -0.15) is 0 Å². The zero-order chi connectivity index (χ0) is 20.8. The minimum atomic E-state index is 0.188. The number of guanidine groups is 1. The van der Waals surface area contributed by atoms with Crippen LogP contribution in [0, 0.1) is 0 Å². The van der Waals surface area contributed by atoms with E-state index in [-0.39, 0.29) is 5.91 Å². The van der Waals surface area contributed by atoms with Gasteiger partial charge in [0.25, 0.3) is 0 Å². The molecule has 30 heavy (non-hydrogen) atoms. The quantitative estimate of drug-likeness (QED) is 0.378. The van der Waals surface area contributed by atoms with Crippen LogP contribution < -0.4 is 15.5 Å². The van der Waals surface area contributed by atoms with Crippen molar-refractivity contribution in [1.82, 2.24) is 15.6 Å². The van der Waals surface area contributed by atoms with E-state index in [0.29, 0.717) is 19.5 Å². The molecule has 3 aromatic rings. The molecule has 2 heterocycles. The Kier molecular flexibility index (Phi) is 6.23. The van der Waals surface area contributed by atoms with Crippen molar-refractivity contribution in [3.63, 3.8) is 0 Å². The van der Waals surface area contributed by atoms with Crippen LogP contribution in [0.4, 0.5) is 5.69 Å². The summed E-state index contributed by atoms with van der Waals surface area (Å²) in [6.45, 7) is 2.14. The van der Waals surface area contributed by atoms with Gasteiger partial charge < -0.3 is 15.5 Å². The van der Waals surface area contributed by atoms with Gasteiger partial charge in [-0.3, -0.25) is 14.8 Å². The van der Waals surface area contributed by atoms with E-state index in [0.717, 1.165) is 41.9 Å². The number of carbonyl (C=O) groups excluding carboxylic acids is 1. The van der Waals surface area contributed by atoms with Crippen molar-refractivity contribution in [2.75, 3.05) is 25.0 Å². The Morgan fingerprint density at radius 2 is 1.93 bits per heavy atom. The number of aromatic nitrogens is 1. The summed E-state index contributed by atoms with van der Waals surface area (Å²) >= 11 is 0. The van der Waals surface area contributed by atoms with Crippen molar-refractivity contribution < 1.29 is 4.79 Å². The molecule has 0 fully saturated rings. The van der Waals surface area contributed by atoms with E-state index in [1.807, 2.05) is 53.6 Å². The molecule has 2 N–H and O–H groups in total. The first-order valence-corrected chi connectivity index (χ1v) is 10.4. The lowest BCUT2D eigenvalue weighted by molar-refractivity contribution is -0.118. The average Bonchev–Trinajstić information content (AvgIpc) is 3.23. The molecule has 4 rings (SSSR count). The number of hydrogen-bond acceptors (Lipinski definition) is 3. The van der Waals surface area contributed by atoms with Gasteiger partial charge >= 0.3 is 0 Å². The fourth-order valence-electron chi connectivity index (χ4n) is 3.89. The van der Waals surface area contributed by atoms with Crippen LogP contribution in [0.15, 0.2) is 65.8 Å². The maximum atomic E-state index is 12.6. The summed E-state index contributed by atoms with van der Waals surface area (Å²) in [7, 11) is 1.76. The minimum Gasteiger partial charge on any atom is -0.356 e. The van der Waals surface area contributed by atoms with Crippen LogP contribution in [0.3, 0.4) is 0 Å². The zero-order valence-corrected chi connectivity index (χ0v) is 17.3. The molecule has 1 amide bonds. The molecule has 0 bridgehead atoms. The number of carbonyl (C=O) groups is 1. The summed E-state index contributed by atoms with van der Waals surface area (Å²) in [4.78, 5) is 23.2. The molecular formula is C24H27N5O. The van der Waals surface area contributed by atoms with Crippen LogP contribution in [0.25, 0.3) is 10.9 Å². The normalized spacial score (nSPS) is 13.4. The summed E-state index contributed by atoms with van der Waals surface area (Å²) < 4.78 is 0. The number of pyridine rings is 1. The maximum Gasteiger partial charge on any atom is 0.227 e. The van der Waals surface area contributed by atoms with Gasteiger partial charge in [-0.25, -0.2) is 0 Å². The van der Waals surface area contributed by atoms with Crippen molar-refractivity contribution >= 4 is 28.5 Å². The fourth-order valence-corrected chi connectivity index (χ4v) is 3.89. The second-order valence-corrected chi connectivity index (χ2v) is 7.37. The van der Waals surface area contributed by atoms with Crippen molar-refractivity contribution in [2.24, 2.45) is 4.99 Å². The molecule has 0 spiro atoms. The first-order chi connectivity index (χ1) is 14.8. The minimum absolute atomic E-state index is 0.188. The van der Waals surface area contributed by atoms with E-state index in [2.05, 4.69) is 32.7 Å². The molecule has 6 nitrogen and oxygen atoms in total. The Morgan fingerprint density at radius 1 is 1.10 bits per heavy atom. The highest BCUT2D eigenvalue weighted by molar-refractivity contribution is 5.95. The van der Waals surface area contributed by atoms with E-state index in [9.17, 15) is 4.79 Å². The van der Waals surface area contributed by atoms with Crippen molar-refractivity contribution in [1.29, 1.82) is 0 Å². The second-order valence-electron chi connectivity index (χ2n) is 7.37. The van der Waals surface area contributed by atoms with Crippen LogP contribution in [0.1, 0.15) is 24.0 Å². The lowest BCUT2D eigenvalue weighted by atomic mass is 10.1. The second kappa shape index (κ2) is 9.39. The number of aliphatic imine (C=N–C) groups is 1. The predicted octanol–water partition coefficient (Wildman–Crippen LogP) is 3.27. The SMILES string of the molecule is CN=C(NCCCC(=O)N1CCc2ccccc21)NCc1ccnc2ccccc12. The summed E-state index contributed by atoms with van der Waals surface area (Å²) in [5.41, 5.74) is 4.49. The molecule has 0 atom stereocenters. The van der Waals surface area contributed by atoms with E-state index < -0.39 is 0 Å². The Balaban J connectivity index is 1.24. The highest BCUT2D eigenvalue weighted by Gasteiger charge is 2.23. The number of anilines is 1. The Morgan fingerprint density at radius 3 is 2.83 bits per heavy atom. The molecule has 1 aromatic heterocycles. The third-order valence-corrected chi connectivity index (χ3v) is 5.46. The average molecular weight is 402 g/mol. The van der Waals surface area contributed by atoms with Crippen molar-refractivity contribution in [2.45, 2.75) is 25.8 Å². The zero-order valence-electron chi connectivity index (χ0n) is 17.3. The Labute approximate surface area is 177 Å². The summed E-state index contributed by atoms with van der Waals surface area (Å²) in [6.07, 6.45) is 4.06. The smallest absolute Gasteiger partial charge is 0.227 e. The molecule has 1 aliphatic rings. The molecule has 0 saturated carbocycles. The van der Waals surface area contributed by atoms with Crippen LogP contribution in [0.2, 0.25) is 0 Å². The van der Waals surface area contributed by atoms with Crippen molar-refractivity contribution in [3.8, 4) is 0 Å². The van der Waals surface area contributed by atoms with Crippen LogP contribution in [-0.2, 0) is 17.8 Å². The predicted molar refractivity (Wildman–Crippen MR) is 122 cm³/mol. The maximum absolute atomic E-state index is 12.6. The Bertz CT molecular complexity index is 1060. The van der Waals surface area contributed by atoms with Gasteiger partial charge in [0.1, 0.15) is 0 Å². The van der Waals surface area contributed by atoms with Gasteiger partial charge in [-0.1, -0.05) is 36.4 Å². The molecule has 154 valence electrons. The number of amides is 1. The van der Waals surface area contributed by atoms with Gasteiger partial charge in [0.05, 0.1) is 5.52 Å². The van der Waals surface area contributed by atoms with E-state index in [4.69, 9.17) is 0 Å². The third-order valence-electron chi connectivity index (χ3n) is 5.46. The highest BCUT2D eigenvalue weighted by atomic mass is 16.2. The number of para-hydroxylation sites is 2. The number of rotatable bonds is 6. The third kappa shape index (κ3) is 4.43. The van der Waals surface area contributed by atoms with E-state index in [1.54, 1.807) is 7.05 Å². The molecule has 0 saturated heterocycles. The molecule has 2 aromatic carbocycles. The molecule has 0 unspecified atom stereocenters. The number of fused-ring (bicyclic) bond motifs is 2. The first kappa shape index (κ1) is 19.9. The highest BCUT2D eigenvalue weighted by Crippen LogP contribution is 2.28. The first-order valence-electron chi connectivity index (χ1n) is 10.4. The largest absolute Gasteiger partial charge is 0.356 e. The molecular weight excluding hydrogens is 374 g/mol. The van der Waals surface area contributed by atoms with Crippen molar-refractivity contribution in [3.05, 3.63) is 71.9 Å². The van der Waals surface area contributed by atoms with Gasteiger partial charge in [0.15, 0.2) is 5.96 Å². The number of nitrogens with zero attached hydrogens (tertiary/aromatic N) is 3. The molecule has 0 aliphatic carbocycles. The van der Waals surface area contributed by atoms with Gasteiger partial charge in [0, 0.05) is 50.4 Å². The van der Waals surface area contributed by atoms with Gasteiger partial charge in [-0.15, -0.1) is 0 Å². The van der Waals surface area contributed by atoms with Gasteiger partial charge in [0.2, 0.25) is 5.91 Å². The monoisotopic (exact) mass is 401 g/mol. The summed E-state index contributed by atoms with van der Waals surface area (Å²) in [6, 6.07) is 18.3. The van der Waals surface area contributed by atoms with Crippen LogP contribution >= 0.6 is 0 Å². The van der Waals surface area contributed by atoms with E-state index >= 15 is 0 Å². The number of nitrogens with one attached hydrogen (secondary N) is 2. The van der Waals surface area contributed by atoms with E-state index in [1.165, 1.54) is 11.1 Å². The van der Waals surface area contributed by atoms with Crippen LogP contribution in [0.5, 0.6) is 0 Å². The number of benzene rings is 2. The standard InChI is InChI=1S/C24H27N5O/c1-25-24(28-17-19-12-15-26-21-9-4-3-8-20(19)21)27-14-6-11-23(30)29-16-13-18-7-2-5-10-22(18)29/h2-5,7-10,12,15H,6,11,13-14,16-17H2,1H3,(H2,25,27,28). The summed E-state index contributed by atoms with van der Waals surface area (Å²) in [5, 5.41) is 7.79.